The van der Waals surface area contributed by atoms with E-state index in [1.807, 2.05) is 0 Å². The zero-order valence-corrected chi connectivity index (χ0v) is 11.0. The number of rotatable bonds is 3. The minimum Gasteiger partial charge on any atom is -0.378 e. The quantitative estimate of drug-likeness (QED) is 0.879. The van der Waals surface area contributed by atoms with Crippen LogP contribution in [0, 0.1) is 19.8 Å². The maximum Gasteiger partial charge on any atom is 0.0946 e. The predicted octanol–water partition coefficient (Wildman–Crippen LogP) is 2.05. The van der Waals surface area contributed by atoms with Crippen molar-refractivity contribution in [1.82, 2.24) is 4.98 Å². The van der Waals surface area contributed by atoms with Gasteiger partial charge in [0.2, 0.25) is 0 Å². The molecule has 3 atom stereocenters. The van der Waals surface area contributed by atoms with Gasteiger partial charge < -0.3 is 10.5 Å². The molecule has 3 nitrogen and oxygen atoms in total. The van der Waals surface area contributed by atoms with E-state index in [1.165, 1.54) is 9.88 Å². The Hall–Kier alpha value is -0.450. The summed E-state index contributed by atoms with van der Waals surface area (Å²) in [6.45, 7) is 7.15. The summed E-state index contributed by atoms with van der Waals surface area (Å²) in [5.74, 6) is 0.490. The maximum atomic E-state index is 6.25. The Balaban J connectivity index is 1.98. The zero-order chi connectivity index (χ0) is 11.7. The molecule has 1 fully saturated rings. The van der Waals surface area contributed by atoms with E-state index in [2.05, 4.69) is 25.8 Å². The third-order valence-corrected chi connectivity index (χ3v) is 4.56. The summed E-state index contributed by atoms with van der Waals surface area (Å²) < 4.78 is 5.56. The summed E-state index contributed by atoms with van der Waals surface area (Å²) >= 11 is 1.77. The van der Waals surface area contributed by atoms with Crippen LogP contribution < -0.4 is 5.73 Å². The molecule has 90 valence electrons. The Kier molecular flexibility index (Phi) is 3.62. The second kappa shape index (κ2) is 4.82. The Labute approximate surface area is 101 Å². The number of hydrogen-bond donors (Lipinski definition) is 1. The first kappa shape index (κ1) is 12.0. The minimum atomic E-state index is 0.183. The molecule has 2 rings (SSSR count). The van der Waals surface area contributed by atoms with Crippen LogP contribution in [0.1, 0.15) is 28.9 Å². The Bertz CT molecular complexity index is 344. The lowest BCUT2D eigenvalue weighted by Crippen LogP contribution is -2.36. The largest absolute Gasteiger partial charge is 0.378 e. The summed E-state index contributed by atoms with van der Waals surface area (Å²) in [7, 11) is 0. The molecule has 0 bridgehead atoms. The molecule has 0 aliphatic carbocycles. The highest BCUT2D eigenvalue weighted by Gasteiger charge is 2.30. The first-order valence-corrected chi connectivity index (χ1v) is 6.69. The Morgan fingerprint density at radius 2 is 2.31 bits per heavy atom. The van der Waals surface area contributed by atoms with Crippen LogP contribution in [-0.2, 0) is 11.2 Å². The van der Waals surface area contributed by atoms with Crippen LogP contribution >= 0.6 is 11.3 Å². The van der Waals surface area contributed by atoms with E-state index in [0.29, 0.717) is 12.0 Å². The molecule has 0 amide bonds. The van der Waals surface area contributed by atoms with Gasteiger partial charge in [0.05, 0.1) is 16.8 Å². The van der Waals surface area contributed by atoms with Crippen molar-refractivity contribution in [1.29, 1.82) is 0 Å². The summed E-state index contributed by atoms with van der Waals surface area (Å²) in [6, 6.07) is 0.183. The van der Waals surface area contributed by atoms with Gasteiger partial charge in [-0.1, -0.05) is 0 Å². The summed E-state index contributed by atoms with van der Waals surface area (Å²) in [5, 5.41) is 1.17. The van der Waals surface area contributed by atoms with Crippen molar-refractivity contribution in [3.05, 3.63) is 15.6 Å². The molecule has 0 radical (unpaired) electrons. The minimum absolute atomic E-state index is 0.183. The maximum absolute atomic E-state index is 6.25. The number of aromatic nitrogens is 1. The summed E-state index contributed by atoms with van der Waals surface area (Å²) in [4.78, 5) is 5.85. The van der Waals surface area contributed by atoms with Crippen molar-refractivity contribution < 1.29 is 4.74 Å². The van der Waals surface area contributed by atoms with E-state index in [9.17, 15) is 0 Å². The van der Waals surface area contributed by atoms with Crippen LogP contribution in [0.15, 0.2) is 0 Å². The second-order valence-corrected chi connectivity index (χ2v) is 5.93. The lowest BCUT2D eigenvalue weighted by molar-refractivity contribution is 0.0995. The van der Waals surface area contributed by atoms with Gasteiger partial charge in [0, 0.05) is 29.9 Å². The molecule has 1 aliphatic rings. The van der Waals surface area contributed by atoms with Crippen LogP contribution in [0.5, 0.6) is 0 Å². The average molecular weight is 240 g/mol. The van der Waals surface area contributed by atoms with E-state index in [1.54, 1.807) is 11.3 Å². The highest BCUT2D eigenvalue weighted by molar-refractivity contribution is 7.11. The highest BCUT2D eigenvalue weighted by atomic mass is 32.1. The van der Waals surface area contributed by atoms with Crippen molar-refractivity contribution in [2.45, 2.75) is 45.8 Å². The summed E-state index contributed by atoms with van der Waals surface area (Å²) in [6.07, 6.45) is 2.28. The number of aryl methyl sites for hydroxylation is 2. The lowest BCUT2D eigenvalue weighted by atomic mass is 9.92. The molecule has 2 heterocycles. The van der Waals surface area contributed by atoms with Crippen molar-refractivity contribution in [3.8, 4) is 0 Å². The molecule has 2 N–H and O–H groups in total. The van der Waals surface area contributed by atoms with Crippen molar-refractivity contribution >= 4 is 11.3 Å². The van der Waals surface area contributed by atoms with Crippen LogP contribution in [0.25, 0.3) is 0 Å². The SMILES string of the molecule is Cc1nc(CC(N)C2CCOC2C)sc1C. The third-order valence-electron chi connectivity index (χ3n) is 3.47. The second-order valence-electron chi connectivity index (χ2n) is 4.65. The van der Waals surface area contributed by atoms with Gasteiger partial charge in [-0.05, 0) is 27.2 Å². The number of thiazole rings is 1. The van der Waals surface area contributed by atoms with E-state index in [-0.39, 0.29) is 6.04 Å². The van der Waals surface area contributed by atoms with Gasteiger partial charge in [-0.3, -0.25) is 0 Å². The number of nitrogens with two attached hydrogens (primary N) is 1. The molecule has 0 aromatic carbocycles. The predicted molar refractivity (Wildman–Crippen MR) is 66.8 cm³/mol. The van der Waals surface area contributed by atoms with Crippen LogP contribution in [0.3, 0.4) is 0 Å². The van der Waals surface area contributed by atoms with E-state index in [0.717, 1.165) is 25.1 Å². The average Bonchev–Trinajstić information content (AvgIpc) is 2.74. The molecule has 16 heavy (non-hydrogen) atoms. The van der Waals surface area contributed by atoms with Gasteiger partial charge in [0.1, 0.15) is 0 Å². The summed E-state index contributed by atoms with van der Waals surface area (Å²) in [5.41, 5.74) is 7.39. The molecular weight excluding hydrogens is 220 g/mol. The molecule has 0 saturated carbocycles. The number of hydrogen-bond acceptors (Lipinski definition) is 4. The van der Waals surface area contributed by atoms with Gasteiger partial charge in [0.15, 0.2) is 0 Å². The monoisotopic (exact) mass is 240 g/mol. The van der Waals surface area contributed by atoms with Crippen LogP contribution in [0.2, 0.25) is 0 Å². The van der Waals surface area contributed by atoms with E-state index >= 15 is 0 Å². The van der Waals surface area contributed by atoms with Gasteiger partial charge in [-0.2, -0.15) is 0 Å². The van der Waals surface area contributed by atoms with E-state index in [4.69, 9.17) is 10.5 Å². The molecule has 1 aromatic heterocycles. The Morgan fingerprint density at radius 3 is 2.81 bits per heavy atom. The standard InChI is InChI=1S/C12H20N2OS/c1-7-9(3)16-12(14-7)6-11(13)10-4-5-15-8(10)2/h8,10-11H,4-6,13H2,1-3H3. The Morgan fingerprint density at radius 1 is 1.56 bits per heavy atom. The van der Waals surface area contributed by atoms with E-state index < -0.39 is 0 Å². The molecule has 3 unspecified atom stereocenters. The van der Waals surface area contributed by atoms with Gasteiger partial charge in [0.25, 0.3) is 0 Å². The van der Waals surface area contributed by atoms with Gasteiger partial charge in [-0.25, -0.2) is 4.98 Å². The lowest BCUT2D eigenvalue weighted by Gasteiger charge is -2.20. The van der Waals surface area contributed by atoms with Crippen molar-refractivity contribution in [2.24, 2.45) is 11.7 Å². The number of ether oxygens (including phenoxy) is 1. The first-order chi connectivity index (χ1) is 7.58. The fourth-order valence-corrected chi connectivity index (χ4v) is 3.30. The molecule has 1 saturated heterocycles. The fourth-order valence-electron chi connectivity index (χ4n) is 2.29. The number of nitrogens with zero attached hydrogens (tertiary/aromatic N) is 1. The molecule has 0 spiro atoms. The molecule has 4 heteroatoms. The molecule has 1 aromatic rings. The molecular formula is C12H20N2OS. The van der Waals surface area contributed by atoms with Crippen LogP contribution in [-0.4, -0.2) is 23.7 Å². The van der Waals surface area contributed by atoms with Crippen molar-refractivity contribution in [2.75, 3.05) is 6.61 Å². The fraction of sp³-hybridized carbons (Fsp3) is 0.750. The van der Waals surface area contributed by atoms with Gasteiger partial charge in [-0.15, -0.1) is 11.3 Å². The first-order valence-electron chi connectivity index (χ1n) is 5.88. The molecule has 1 aliphatic heterocycles. The van der Waals surface area contributed by atoms with Crippen molar-refractivity contribution in [3.63, 3.8) is 0 Å². The van der Waals surface area contributed by atoms with Gasteiger partial charge >= 0.3 is 0 Å². The normalized spacial score (nSPS) is 27.2. The zero-order valence-electron chi connectivity index (χ0n) is 10.2. The third kappa shape index (κ3) is 2.44. The topological polar surface area (TPSA) is 48.1 Å². The highest BCUT2D eigenvalue weighted by Crippen LogP contribution is 2.26. The smallest absolute Gasteiger partial charge is 0.0946 e. The van der Waals surface area contributed by atoms with Crippen LogP contribution in [0.4, 0.5) is 0 Å².